The van der Waals surface area contributed by atoms with Crippen LogP contribution in [-0.4, -0.2) is 32.6 Å². The van der Waals surface area contributed by atoms with E-state index < -0.39 is 23.5 Å². The zero-order valence-electron chi connectivity index (χ0n) is 13.8. The molecule has 128 valence electrons. The summed E-state index contributed by atoms with van der Waals surface area (Å²) in [5.41, 5.74) is -0.413. The number of carbonyl (C=O) groups excluding carboxylic acids is 1. The van der Waals surface area contributed by atoms with Gasteiger partial charge < -0.3 is 9.84 Å². The van der Waals surface area contributed by atoms with Crippen molar-refractivity contribution in [2.45, 2.75) is 26.4 Å². The van der Waals surface area contributed by atoms with Crippen molar-refractivity contribution in [3.63, 3.8) is 0 Å². The standard InChI is InChI=1S/C16H18FN3O4/c1-16(2,3)24-15(23)19-9-5-6-12(17)10(7-9)13-11(14(21)22)8-18-20(13)4/h5-8H,1-4H3,(H,19,23)(H,21,22). The summed E-state index contributed by atoms with van der Waals surface area (Å²) in [5, 5.41) is 15.6. The molecule has 0 aliphatic rings. The van der Waals surface area contributed by atoms with Gasteiger partial charge in [0.2, 0.25) is 0 Å². The van der Waals surface area contributed by atoms with E-state index in [1.165, 1.54) is 23.9 Å². The topological polar surface area (TPSA) is 93.5 Å². The van der Waals surface area contributed by atoms with Crippen molar-refractivity contribution in [1.29, 1.82) is 0 Å². The highest BCUT2D eigenvalue weighted by atomic mass is 19.1. The number of benzene rings is 1. The molecule has 24 heavy (non-hydrogen) atoms. The molecule has 7 nitrogen and oxygen atoms in total. The van der Waals surface area contributed by atoms with E-state index >= 15 is 0 Å². The van der Waals surface area contributed by atoms with Crippen molar-refractivity contribution in [2.24, 2.45) is 7.05 Å². The lowest BCUT2D eigenvalue weighted by Crippen LogP contribution is -2.27. The molecule has 0 bridgehead atoms. The van der Waals surface area contributed by atoms with Gasteiger partial charge >= 0.3 is 12.1 Å². The molecule has 0 radical (unpaired) electrons. The van der Waals surface area contributed by atoms with E-state index in [2.05, 4.69) is 10.4 Å². The number of aromatic nitrogens is 2. The van der Waals surface area contributed by atoms with Crippen LogP contribution in [0.25, 0.3) is 11.3 Å². The van der Waals surface area contributed by atoms with Crippen molar-refractivity contribution in [3.8, 4) is 11.3 Å². The number of amides is 1. The maximum absolute atomic E-state index is 14.2. The zero-order valence-corrected chi connectivity index (χ0v) is 13.8. The first-order chi connectivity index (χ1) is 11.1. The Balaban J connectivity index is 2.39. The first-order valence-corrected chi connectivity index (χ1v) is 7.13. The second-order valence-electron chi connectivity index (χ2n) is 6.16. The van der Waals surface area contributed by atoms with E-state index in [1.807, 2.05) is 0 Å². The molecule has 0 atom stereocenters. The predicted molar refractivity (Wildman–Crippen MR) is 85.4 cm³/mol. The summed E-state index contributed by atoms with van der Waals surface area (Å²) < 4.78 is 20.6. The van der Waals surface area contributed by atoms with E-state index in [9.17, 15) is 19.1 Å². The SMILES string of the molecule is Cn1ncc(C(=O)O)c1-c1cc(NC(=O)OC(C)(C)C)ccc1F. The van der Waals surface area contributed by atoms with Crippen LogP contribution in [0.2, 0.25) is 0 Å². The van der Waals surface area contributed by atoms with E-state index in [1.54, 1.807) is 20.8 Å². The van der Waals surface area contributed by atoms with Crippen LogP contribution in [0.1, 0.15) is 31.1 Å². The third-order valence-corrected chi connectivity index (χ3v) is 3.04. The largest absolute Gasteiger partial charge is 0.478 e. The average molecular weight is 335 g/mol. The predicted octanol–water partition coefficient (Wildman–Crippen LogP) is 3.27. The third kappa shape index (κ3) is 3.89. The van der Waals surface area contributed by atoms with Gasteiger partial charge in [0.1, 0.15) is 17.0 Å². The minimum Gasteiger partial charge on any atom is -0.478 e. The normalized spacial score (nSPS) is 11.2. The van der Waals surface area contributed by atoms with Crippen LogP contribution < -0.4 is 5.32 Å². The number of carbonyl (C=O) groups is 2. The molecule has 0 spiro atoms. The summed E-state index contributed by atoms with van der Waals surface area (Å²) in [6.45, 7) is 5.16. The number of hydrogen-bond donors (Lipinski definition) is 2. The molecule has 1 heterocycles. The Bertz CT molecular complexity index is 793. The number of hydrogen-bond acceptors (Lipinski definition) is 4. The maximum Gasteiger partial charge on any atom is 0.412 e. The lowest BCUT2D eigenvalue weighted by molar-refractivity contribution is 0.0634. The zero-order chi connectivity index (χ0) is 18.1. The minimum absolute atomic E-state index is 0.0148. The van der Waals surface area contributed by atoms with Crippen LogP contribution in [0, 0.1) is 5.82 Å². The van der Waals surface area contributed by atoms with E-state index in [4.69, 9.17) is 4.74 Å². The van der Waals surface area contributed by atoms with Gasteiger partial charge in [-0.3, -0.25) is 10.00 Å². The van der Waals surface area contributed by atoms with Crippen molar-refractivity contribution >= 4 is 17.7 Å². The van der Waals surface area contributed by atoms with Gasteiger partial charge in [0, 0.05) is 18.3 Å². The van der Waals surface area contributed by atoms with Crippen molar-refractivity contribution in [3.05, 3.63) is 35.8 Å². The number of nitrogens with zero attached hydrogens (tertiary/aromatic N) is 2. The fraction of sp³-hybridized carbons (Fsp3) is 0.312. The second kappa shape index (κ2) is 6.31. The molecular formula is C16H18FN3O4. The molecule has 0 aliphatic carbocycles. The smallest absolute Gasteiger partial charge is 0.412 e. The van der Waals surface area contributed by atoms with Crippen LogP contribution in [0.5, 0.6) is 0 Å². The molecule has 1 aromatic heterocycles. The first kappa shape index (κ1) is 17.5. The van der Waals surface area contributed by atoms with Crippen molar-refractivity contribution in [1.82, 2.24) is 9.78 Å². The number of carboxylic acid groups (broad SMARTS) is 1. The molecule has 0 fully saturated rings. The number of aryl methyl sites for hydroxylation is 1. The number of nitrogens with one attached hydrogen (secondary N) is 1. The molecule has 0 saturated heterocycles. The third-order valence-electron chi connectivity index (χ3n) is 3.04. The van der Waals surface area contributed by atoms with Gasteiger partial charge in [0.15, 0.2) is 0 Å². The van der Waals surface area contributed by atoms with Crippen molar-refractivity contribution < 1.29 is 23.8 Å². The molecule has 1 aromatic carbocycles. The fourth-order valence-electron chi connectivity index (χ4n) is 2.12. The first-order valence-electron chi connectivity index (χ1n) is 7.13. The number of aromatic carboxylic acids is 1. The molecule has 0 aliphatic heterocycles. The lowest BCUT2D eigenvalue weighted by Gasteiger charge is -2.20. The Labute approximate surface area is 138 Å². The summed E-state index contributed by atoms with van der Waals surface area (Å²) >= 11 is 0. The highest BCUT2D eigenvalue weighted by molar-refractivity contribution is 5.95. The van der Waals surface area contributed by atoms with Crippen LogP contribution in [0.3, 0.4) is 0 Å². The average Bonchev–Trinajstić information content (AvgIpc) is 2.81. The number of ether oxygens (including phenoxy) is 1. The number of anilines is 1. The van der Waals surface area contributed by atoms with Gasteiger partial charge in [-0.2, -0.15) is 5.10 Å². The monoisotopic (exact) mass is 335 g/mol. The van der Waals surface area contributed by atoms with Crippen molar-refractivity contribution in [2.75, 3.05) is 5.32 Å². The van der Waals surface area contributed by atoms with Gasteiger partial charge in [0.25, 0.3) is 0 Å². The summed E-state index contributed by atoms with van der Waals surface area (Å²) in [4.78, 5) is 23.1. The highest BCUT2D eigenvalue weighted by Crippen LogP contribution is 2.29. The Hall–Kier alpha value is -2.90. The molecule has 2 N–H and O–H groups in total. The van der Waals surface area contributed by atoms with Crippen LogP contribution in [-0.2, 0) is 11.8 Å². The highest BCUT2D eigenvalue weighted by Gasteiger charge is 2.21. The van der Waals surface area contributed by atoms with Gasteiger partial charge in [0.05, 0.1) is 11.9 Å². The Morgan fingerprint density at radius 1 is 1.33 bits per heavy atom. The minimum atomic E-state index is -1.22. The number of halogens is 1. The summed E-state index contributed by atoms with van der Waals surface area (Å²) in [6.07, 6.45) is 0.453. The summed E-state index contributed by atoms with van der Waals surface area (Å²) in [5.74, 6) is -1.85. The van der Waals surface area contributed by atoms with Crippen LogP contribution in [0.15, 0.2) is 24.4 Å². The molecular weight excluding hydrogens is 317 g/mol. The van der Waals surface area contributed by atoms with Gasteiger partial charge in [-0.25, -0.2) is 14.0 Å². The quantitative estimate of drug-likeness (QED) is 0.898. The van der Waals surface area contributed by atoms with Crippen LogP contribution >= 0.6 is 0 Å². The number of rotatable bonds is 3. The molecule has 2 rings (SSSR count). The Kier molecular flexibility index (Phi) is 4.59. The molecule has 1 amide bonds. The van der Waals surface area contributed by atoms with E-state index in [0.29, 0.717) is 0 Å². The fourth-order valence-corrected chi connectivity index (χ4v) is 2.12. The lowest BCUT2D eigenvalue weighted by atomic mass is 10.1. The van der Waals surface area contributed by atoms with Gasteiger partial charge in [-0.1, -0.05) is 0 Å². The second-order valence-corrected chi connectivity index (χ2v) is 6.16. The molecule has 0 unspecified atom stereocenters. The van der Waals surface area contributed by atoms with Gasteiger partial charge in [-0.15, -0.1) is 0 Å². The van der Waals surface area contributed by atoms with E-state index in [0.717, 1.165) is 12.3 Å². The molecule has 2 aromatic rings. The summed E-state index contributed by atoms with van der Waals surface area (Å²) in [6, 6.07) is 3.84. The van der Waals surface area contributed by atoms with Crippen LogP contribution in [0.4, 0.5) is 14.9 Å². The Morgan fingerprint density at radius 3 is 2.58 bits per heavy atom. The molecule has 0 saturated carbocycles. The van der Waals surface area contributed by atoms with E-state index in [-0.39, 0.29) is 22.5 Å². The maximum atomic E-state index is 14.2. The summed E-state index contributed by atoms with van der Waals surface area (Å²) in [7, 11) is 1.51. The Morgan fingerprint density at radius 2 is 2.00 bits per heavy atom. The molecule has 8 heteroatoms. The van der Waals surface area contributed by atoms with Gasteiger partial charge in [-0.05, 0) is 39.0 Å². The number of carboxylic acids is 1.